The monoisotopic (exact) mass is 697 g/mol. The normalized spacial score (nSPS) is 14.7. The molecule has 0 unspecified atom stereocenters. The molecule has 0 saturated carbocycles. The van der Waals surface area contributed by atoms with Crippen LogP contribution in [0, 0.1) is 5.92 Å². The van der Waals surface area contributed by atoms with Crippen LogP contribution in [0.3, 0.4) is 0 Å². The van der Waals surface area contributed by atoms with Gasteiger partial charge < -0.3 is 24.3 Å². The average Bonchev–Trinajstić information content (AvgIpc) is 3.54. The molecule has 0 radical (unpaired) electrons. The lowest BCUT2D eigenvalue weighted by Crippen LogP contribution is -2.30. The fraction of sp³-hybridized carbons (Fsp3) is 0.425. The standard InChI is InChI=1S/C40H51N5O4S/c1-5-7-22-48-23-24-49-36-15-10-31(11-16-36)32-12-19-38-34(25-32)26-33(9-8-21-44(38)27-30(3)4)40(46)42-35-13-17-37(18-14-35)50(47)28-39-43-41-29-45(39)20-6-2/h10-19,25-26,29-30H,5-9,20-24,27-28H2,1-4H3,(H,42,46)/b33-26+/t50-/m0/s1. The number of unbranched alkanes of at least 4 members (excludes halogenated alkanes) is 1. The molecule has 9 nitrogen and oxygen atoms in total. The summed E-state index contributed by atoms with van der Waals surface area (Å²) < 4.78 is 26.5. The molecule has 4 aromatic rings. The van der Waals surface area contributed by atoms with Crippen molar-refractivity contribution < 1.29 is 18.5 Å². The molecule has 0 spiro atoms. The van der Waals surface area contributed by atoms with Crippen LogP contribution in [0.1, 0.15) is 71.2 Å². The van der Waals surface area contributed by atoms with Crippen LogP contribution in [-0.4, -0.2) is 57.8 Å². The third kappa shape index (κ3) is 10.4. The molecule has 1 aromatic heterocycles. The highest BCUT2D eigenvalue weighted by Crippen LogP contribution is 2.33. The number of amides is 1. The topological polar surface area (TPSA) is 98.6 Å². The van der Waals surface area contributed by atoms with Gasteiger partial charge in [0.2, 0.25) is 0 Å². The molecule has 1 amide bonds. The van der Waals surface area contributed by atoms with Crippen LogP contribution in [0.4, 0.5) is 11.4 Å². The van der Waals surface area contributed by atoms with Crippen molar-refractivity contribution in [3.63, 3.8) is 0 Å². The number of aryl methyl sites for hydroxylation is 1. The van der Waals surface area contributed by atoms with Gasteiger partial charge in [0.15, 0.2) is 0 Å². The van der Waals surface area contributed by atoms with Crippen LogP contribution in [-0.2, 0) is 32.6 Å². The van der Waals surface area contributed by atoms with Gasteiger partial charge in [-0.2, -0.15) is 0 Å². The Morgan fingerprint density at radius 3 is 2.48 bits per heavy atom. The minimum atomic E-state index is -1.28. The molecule has 0 fully saturated rings. The molecule has 1 aliphatic rings. The first-order valence-electron chi connectivity index (χ1n) is 17.9. The molecule has 0 aliphatic carbocycles. The molecule has 1 atom stereocenters. The van der Waals surface area contributed by atoms with E-state index in [1.165, 1.54) is 0 Å². The number of benzene rings is 3. The number of hydrogen-bond donors (Lipinski definition) is 1. The van der Waals surface area contributed by atoms with E-state index in [0.717, 1.165) is 85.6 Å². The van der Waals surface area contributed by atoms with Crippen molar-refractivity contribution in [2.45, 2.75) is 77.0 Å². The molecule has 10 heteroatoms. The number of fused-ring (bicyclic) bond motifs is 1. The predicted octanol–water partition coefficient (Wildman–Crippen LogP) is 8.14. The van der Waals surface area contributed by atoms with Crippen LogP contribution in [0.25, 0.3) is 17.2 Å². The minimum absolute atomic E-state index is 0.125. The summed E-state index contributed by atoms with van der Waals surface area (Å²) in [6.07, 6.45) is 8.41. The van der Waals surface area contributed by atoms with E-state index in [0.29, 0.717) is 47.7 Å². The number of nitrogens with zero attached hydrogens (tertiary/aromatic N) is 4. The van der Waals surface area contributed by atoms with Crippen molar-refractivity contribution >= 4 is 34.2 Å². The minimum Gasteiger partial charge on any atom is -0.491 e. The molecule has 0 saturated heterocycles. The van der Waals surface area contributed by atoms with E-state index in [9.17, 15) is 9.00 Å². The van der Waals surface area contributed by atoms with Gasteiger partial charge in [0, 0.05) is 48.1 Å². The molecular formula is C40H51N5O4S. The predicted molar refractivity (Wildman–Crippen MR) is 203 cm³/mol. The molecule has 2 heterocycles. The third-order valence-electron chi connectivity index (χ3n) is 8.57. The maximum absolute atomic E-state index is 13.7. The van der Waals surface area contributed by atoms with Gasteiger partial charge in [-0.15, -0.1) is 10.2 Å². The second-order valence-corrected chi connectivity index (χ2v) is 14.6. The fourth-order valence-electron chi connectivity index (χ4n) is 6.02. The SMILES string of the molecule is CCCCOCCOc1ccc(-c2ccc3c(c2)/C=C(/C(=O)Nc2ccc([S@@](=O)Cc4nncn4CCC)cc2)CCCN3CC(C)C)cc1. The highest BCUT2D eigenvalue weighted by atomic mass is 32.2. The zero-order valence-electron chi connectivity index (χ0n) is 29.9. The quantitative estimate of drug-likeness (QED) is 0.111. The maximum atomic E-state index is 13.7. The van der Waals surface area contributed by atoms with Crippen molar-refractivity contribution in [2.24, 2.45) is 5.92 Å². The number of rotatable bonds is 17. The van der Waals surface area contributed by atoms with Gasteiger partial charge >= 0.3 is 0 Å². The van der Waals surface area contributed by atoms with Gasteiger partial charge in [-0.05, 0) is 103 Å². The Morgan fingerprint density at radius 2 is 1.74 bits per heavy atom. The zero-order valence-corrected chi connectivity index (χ0v) is 30.7. The largest absolute Gasteiger partial charge is 0.491 e. The van der Waals surface area contributed by atoms with Gasteiger partial charge in [0.1, 0.15) is 24.5 Å². The zero-order chi connectivity index (χ0) is 35.3. The van der Waals surface area contributed by atoms with E-state index in [4.69, 9.17) is 9.47 Å². The first-order chi connectivity index (χ1) is 24.3. The summed E-state index contributed by atoms with van der Waals surface area (Å²) in [6, 6.07) is 21.9. The van der Waals surface area contributed by atoms with Gasteiger partial charge in [-0.25, -0.2) is 0 Å². The van der Waals surface area contributed by atoms with Gasteiger partial charge in [-0.1, -0.05) is 52.3 Å². The van der Waals surface area contributed by atoms with E-state index in [2.05, 4.69) is 78.4 Å². The Balaban J connectivity index is 1.30. The third-order valence-corrected chi connectivity index (χ3v) is 9.89. The molecule has 1 aliphatic heterocycles. The Morgan fingerprint density at radius 1 is 0.960 bits per heavy atom. The van der Waals surface area contributed by atoms with Crippen LogP contribution in [0.5, 0.6) is 5.75 Å². The summed E-state index contributed by atoms with van der Waals surface area (Å²) in [5.74, 6) is 2.20. The molecular weight excluding hydrogens is 647 g/mol. The van der Waals surface area contributed by atoms with Crippen molar-refractivity contribution in [2.75, 3.05) is 43.1 Å². The maximum Gasteiger partial charge on any atom is 0.251 e. The number of carbonyl (C=O) groups is 1. The lowest BCUT2D eigenvalue weighted by atomic mass is 9.96. The molecule has 3 aromatic carbocycles. The molecule has 5 rings (SSSR count). The number of aromatic nitrogens is 3. The lowest BCUT2D eigenvalue weighted by molar-refractivity contribution is -0.112. The second kappa shape index (κ2) is 18.6. The summed E-state index contributed by atoms with van der Waals surface area (Å²) in [5.41, 5.74) is 5.73. The molecule has 1 N–H and O–H groups in total. The van der Waals surface area contributed by atoms with Crippen molar-refractivity contribution in [3.05, 3.63) is 90.0 Å². The fourth-order valence-corrected chi connectivity index (χ4v) is 7.08. The Hall–Kier alpha value is -4.28. The van der Waals surface area contributed by atoms with Gasteiger partial charge in [0.05, 0.1) is 23.2 Å². The van der Waals surface area contributed by atoms with Crippen LogP contribution < -0.4 is 15.0 Å². The van der Waals surface area contributed by atoms with Gasteiger partial charge in [0.25, 0.3) is 5.91 Å². The summed E-state index contributed by atoms with van der Waals surface area (Å²) in [4.78, 5) is 16.8. The number of ether oxygens (including phenoxy) is 2. The van der Waals surface area contributed by atoms with Crippen LogP contribution in [0.15, 0.2) is 83.5 Å². The molecule has 50 heavy (non-hydrogen) atoms. The van der Waals surface area contributed by atoms with E-state index >= 15 is 0 Å². The summed E-state index contributed by atoms with van der Waals surface area (Å²) in [6.45, 7) is 13.2. The van der Waals surface area contributed by atoms with E-state index in [1.54, 1.807) is 6.33 Å². The molecule has 0 bridgehead atoms. The smallest absolute Gasteiger partial charge is 0.251 e. The van der Waals surface area contributed by atoms with Crippen molar-refractivity contribution in [3.8, 4) is 16.9 Å². The lowest BCUT2D eigenvalue weighted by Gasteiger charge is -2.30. The first kappa shape index (κ1) is 37.0. The Bertz CT molecular complexity index is 1730. The van der Waals surface area contributed by atoms with E-state index < -0.39 is 10.8 Å². The Kier molecular flexibility index (Phi) is 13.8. The summed E-state index contributed by atoms with van der Waals surface area (Å²) in [7, 11) is -1.28. The van der Waals surface area contributed by atoms with Crippen LogP contribution in [0.2, 0.25) is 0 Å². The first-order valence-corrected chi connectivity index (χ1v) is 19.2. The highest BCUT2D eigenvalue weighted by Gasteiger charge is 2.20. The number of nitrogens with one attached hydrogen (secondary N) is 1. The van der Waals surface area contributed by atoms with E-state index in [1.807, 2.05) is 47.0 Å². The van der Waals surface area contributed by atoms with Crippen LogP contribution >= 0.6 is 0 Å². The van der Waals surface area contributed by atoms with Crippen molar-refractivity contribution in [1.82, 2.24) is 14.8 Å². The average molecular weight is 698 g/mol. The number of carbonyl (C=O) groups excluding carboxylic acids is 1. The van der Waals surface area contributed by atoms with E-state index in [-0.39, 0.29) is 5.91 Å². The highest BCUT2D eigenvalue weighted by molar-refractivity contribution is 7.84. The number of hydrogen-bond acceptors (Lipinski definition) is 7. The van der Waals surface area contributed by atoms with Gasteiger partial charge in [-0.3, -0.25) is 9.00 Å². The molecule has 266 valence electrons. The summed E-state index contributed by atoms with van der Waals surface area (Å²) in [5, 5.41) is 11.2. The second-order valence-electron chi connectivity index (χ2n) is 13.1. The summed E-state index contributed by atoms with van der Waals surface area (Å²) >= 11 is 0. The Labute approximate surface area is 299 Å². The van der Waals surface area contributed by atoms with Crippen molar-refractivity contribution in [1.29, 1.82) is 0 Å². The number of anilines is 2.